The lowest BCUT2D eigenvalue weighted by Crippen LogP contribution is -2.33. The SMILES string of the molecule is C=C\C=N/C(=C/C(=C\N)Cc1nc(N(CCN)CC(C)C)c2c(Cl)c(CC)[nH]c2n1)C(=C)N. The topological polar surface area (TPSA) is 135 Å². The van der Waals surface area contributed by atoms with Crippen LogP contribution in [-0.2, 0) is 12.8 Å². The summed E-state index contributed by atoms with van der Waals surface area (Å²) in [4.78, 5) is 19.4. The highest BCUT2D eigenvalue weighted by Crippen LogP contribution is 2.34. The molecule has 2 aromatic rings. The predicted molar refractivity (Wildman–Crippen MR) is 140 cm³/mol. The lowest BCUT2D eigenvalue weighted by atomic mass is 10.1. The Morgan fingerprint density at radius 2 is 2.06 bits per heavy atom. The number of fused-ring (bicyclic) bond motifs is 1. The summed E-state index contributed by atoms with van der Waals surface area (Å²) < 4.78 is 0. The number of hydrogen-bond acceptors (Lipinski definition) is 7. The second-order valence-electron chi connectivity index (χ2n) is 8.07. The van der Waals surface area contributed by atoms with Gasteiger partial charge < -0.3 is 27.1 Å². The van der Waals surface area contributed by atoms with E-state index in [1.54, 1.807) is 18.4 Å². The molecule has 0 aliphatic heterocycles. The maximum atomic E-state index is 6.72. The molecule has 8 nitrogen and oxygen atoms in total. The fraction of sp³-hybridized carbons (Fsp3) is 0.375. The molecule has 9 heteroatoms. The average Bonchev–Trinajstić information content (AvgIpc) is 3.09. The lowest BCUT2D eigenvalue weighted by Gasteiger charge is -2.26. The highest BCUT2D eigenvalue weighted by molar-refractivity contribution is 6.37. The van der Waals surface area contributed by atoms with Crippen molar-refractivity contribution in [3.05, 3.63) is 65.0 Å². The number of anilines is 1. The highest BCUT2D eigenvalue weighted by Gasteiger charge is 2.21. The van der Waals surface area contributed by atoms with Crippen LogP contribution in [0.4, 0.5) is 5.82 Å². The molecule has 0 saturated heterocycles. The summed E-state index contributed by atoms with van der Waals surface area (Å²) in [6.45, 7) is 15.7. The van der Waals surface area contributed by atoms with Crippen molar-refractivity contribution in [3.8, 4) is 0 Å². The van der Waals surface area contributed by atoms with E-state index in [-0.39, 0.29) is 0 Å². The molecule has 0 aliphatic rings. The van der Waals surface area contributed by atoms with Gasteiger partial charge in [-0.15, -0.1) is 0 Å². The molecule has 0 spiro atoms. The van der Waals surface area contributed by atoms with E-state index in [0.29, 0.717) is 53.3 Å². The Bertz CT molecular complexity index is 1080. The molecule has 0 atom stereocenters. The molecular weight excluding hydrogens is 436 g/mol. The molecule has 2 rings (SSSR count). The van der Waals surface area contributed by atoms with E-state index in [2.05, 4.69) is 41.9 Å². The third-order valence-corrected chi connectivity index (χ3v) is 5.29. The van der Waals surface area contributed by atoms with Crippen LogP contribution in [0, 0.1) is 5.92 Å². The van der Waals surface area contributed by atoms with Gasteiger partial charge in [0.2, 0.25) is 0 Å². The first kappa shape index (κ1) is 26.2. The summed E-state index contributed by atoms with van der Waals surface area (Å²) in [5.74, 6) is 1.77. The van der Waals surface area contributed by atoms with Crippen LogP contribution in [0.2, 0.25) is 5.02 Å². The zero-order valence-electron chi connectivity index (χ0n) is 19.7. The van der Waals surface area contributed by atoms with Crippen molar-refractivity contribution in [2.24, 2.45) is 28.1 Å². The summed E-state index contributed by atoms with van der Waals surface area (Å²) in [7, 11) is 0. The molecule has 178 valence electrons. The van der Waals surface area contributed by atoms with E-state index >= 15 is 0 Å². The van der Waals surface area contributed by atoms with Crippen LogP contribution in [0.5, 0.6) is 0 Å². The molecule has 33 heavy (non-hydrogen) atoms. The van der Waals surface area contributed by atoms with Crippen molar-refractivity contribution >= 4 is 34.7 Å². The first-order chi connectivity index (χ1) is 15.7. The van der Waals surface area contributed by atoms with Gasteiger partial charge in [0.15, 0.2) is 0 Å². The molecule has 0 fully saturated rings. The summed E-state index contributed by atoms with van der Waals surface area (Å²) in [5, 5.41) is 1.46. The Morgan fingerprint density at radius 3 is 2.61 bits per heavy atom. The fourth-order valence-corrected chi connectivity index (χ4v) is 3.78. The Morgan fingerprint density at radius 1 is 1.33 bits per heavy atom. The fourth-order valence-electron chi connectivity index (χ4n) is 3.43. The number of nitrogens with zero attached hydrogens (tertiary/aromatic N) is 4. The number of aliphatic imine (C=N–C) groups is 1. The number of aromatic amines is 1. The van der Waals surface area contributed by atoms with Crippen LogP contribution in [0.15, 0.2) is 53.5 Å². The lowest BCUT2D eigenvalue weighted by molar-refractivity contribution is 0.607. The number of hydrogen-bond donors (Lipinski definition) is 4. The second-order valence-corrected chi connectivity index (χ2v) is 8.45. The molecule has 0 bridgehead atoms. The summed E-state index contributed by atoms with van der Waals surface area (Å²) in [5.41, 5.74) is 20.9. The van der Waals surface area contributed by atoms with E-state index in [0.717, 1.165) is 35.4 Å². The summed E-state index contributed by atoms with van der Waals surface area (Å²) in [6.07, 6.45) is 7.49. The minimum absolute atomic E-state index is 0.319. The first-order valence-corrected chi connectivity index (χ1v) is 11.4. The van der Waals surface area contributed by atoms with Crippen molar-refractivity contribution in [2.75, 3.05) is 24.5 Å². The largest absolute Gasteiger partial charge is 0.404 e. The number of rotatable bonds is 12. The number of aryl methyl sites for hydroxylation is 1. The number of H-pyrrole nitrogens is 1. The maximum Gasteiger partial charge on any atom is 0.144 e. The van der Waals surface area contributed by atoms with Crippen molar-refractivity contribution in [1.29, 1.82) is 0 Å². The number of nitrogens with two attached hydrogens (primary N) is 3. The van der Waals surface area contributed by atoms with Crippen LogP contribution in [0.1, 0.15) is 32.3 Å². The van der Waals surface area contributed by atoms with Crippen LogP contribution in [0.3, 0.4) is 0 Å². The molecule has 0 amide bonds. The normalized spacial score (nSPS) is 12.8. The van der Waals surface area contributed by atoms with Crippen molar-refractivity contribution in [2.45, 2.75) is 33.6 Å². The monoisotopic (exact) mass is 470 g/mol. The molecular formula is C24H35ClN8. The molecule has 2 aromatic heterocycles. The number of nitrogens with one attached hydrogen (secondary N) is 1. The number of allylic oxidation sites excluding steroid dienone is 3. The zero-order chi connectivity index (χ0) is 24.5. The Balaban J connectivity index is 2.61. The van der Waals surface area contributed by atoms with Gasteiger partial charge in [-0.1, -0.05) is 51.6 Å². The number of aromatic nitrogens is 3. The summed E-state index contributed by atoms with van der Waals surface area (Å²) >= 11 is 6.72. The highest BCUT2D eigenvalue weighted by atomic mass is 35.5. The third-order valence-electron chi connectivity index (χ3n) is 4.87. The maximum absolute atomic E-state index is 6.72. The molecule has 0 aliphatic carbocycles. The van der Waals surface area contributed by atoms with E-state index in [1.807, 2.05) is 6.92 Å². The molecule has 0 saturated carbocycles. The van der Waals surface area contributed by atoms with E-state index in [4.69, 9.17) is 38.8 Å². The smallest absolute Gasteiger partial charge is 0.144 e. The molecule has 0 radical (unpaired) electrons. The van der Waals surface area contributed by atoms with Gasteiger partial charge in [-0.05, 0) is 30.2 Å². The van der Waals surface area contributed by atoms with Crippen molar-refractivity contribution < 1.29 is 0 Å². The second kappa shape index (κ2) is 12.2. The third kappa shape index (κ3) is 6.69. The van der Waals surface area contributed by atoms with E-state index < -0.39 is 0 Å². The zero-order valence-corrected chi connectivity index (χ0v) is 20.5. The quantitative estimate of drug-likeness (QED) is 0.276. The van der Waals surface area contributed by atoms with E-state index in [1.165, 1.54) is 6.20 Å². The van der Waals surface area contributed by atoms with Gasteiger partial charge in [0.25, 0.3) is 0 Å². The molecule has 2 heterocycles. The Labute approximate surface area is 201 Å². The van der Waals surface area contributed by atoms with Gasteiger partial charge in [0.05, 0.1) is 21.8 Å². The van der Waals surface area contributed by atoms with Gasteiger partial charge in [-0.3, -0.25) is 4.99 Å². The van der Waals surface area contributed by atoms with Gasteiger partial charge in [-0.25, -0.2) is 9.97 Å². The number of halogens is 1. The van der Waals surface area contributed by atoms with Gasteiger partial charge >= 0.3 is 0 Å². The Hall–Kier alpha value is -3.10. The average molecular weight is 471 g/mol. The van der Waals surface area contributed by atoms with Crippen LogP contribution < -0.4 is 22.1 Å². The van der Waals surface area contributed by atoms with Crippen molar-refractivity contribution in [3.63, 3.8) is 0 Å². The van der Waals surface area contributed by atoms with Crippen LogP contribution in [-0.4, -0.2) is 40.8 Å². The Kier molecular flexibility index (Phi) is 9.69. The molecule has 0 unspecified atom stereocenters. The van der Waals surface area contributed by atoms with Gasteiger partial charge in [-0.2, -0.15) is 0 Å². The summed E-state index contributed by atoms with van der Waals surface area (Å²) in [6, 6.07) is 0. The predicted octanol–water partition coefficient (Wildman–Crippen LogP) is 3.59. The van der Waals surface area contributed by atoms with Crippen LogP contribution >= 0.6 is 11.6 Å². The van der Waals surface area contributed by atoms with E-state index in [9.17, 15) is 0 Å². The van der Waals surface area contributed by atoms with Gasteiger partial charge in [0.1, 0.15) is 17.3 Å². The van der Waals surface area contributed by atoms with Crippen LogP contribution in [0.25, 0.3) is 11.0 Å². The molecule has 7 N–H and O–H groups in total. The molecule has 0 aromatic carbocycles. The standard InChI is InChI=1S/C24H35ClN8/c1-6-9-29-19(16(5)28)11-17(13-27)12-20-31-23-21(22(25)18(7-2)30-23)24(32-20)33(10-8-26)14-15(3)4/h6,9,11,13,15H,1,5,7-8,10,12,14,26-28H2,2-4H3,(H,30,31,32)/b17-13+,19-11+,29-9-. The minimum atomic E-state index is 0.319. The van der Waals surface area contributed by atoms with Gasteiger partial charge in [0, 0.05) is 38.0 Å². The first-order valence-electron chi connectivity index (χ1n) is 11.0. The van der Waals surface area contributed by atoms with Crippen molar-refractivity contribution in [1.82, 2.24) is 15.0 Å². The minimum Gasteiger partial charge on any atom is -0.404 e.